The molecule has 0 aliphatic carbocycles. The minimum atomic E-state index is -4.56. The van der Waals surface area contributed by atoms with Crippen LogP contribution in [0.25, 0.3) is 10.6 Å². The molecule has 108 valence electrons. The first kappa shape index (κ1) is 15.0. The molecule has 2 aromatic rings. The van der Waals surface area contributed by atoms with Crippen molar-refractivity contribution in [1.29, 1.82) is 0 Å². The summed E-state index contributed by atoms with van der Waals surface area (Å²) in [7, 11) is 1.16. The number of nitrogens with zero attached hydrogens (tertiary/aromatic N) is 2. The van der Waals surface area contributed by atoms with Crippen LogP contribution in [0.15, 0.2) is 22.0 Å². The number of carbonyl (C=O) groups is 1. The molecule has 0 amide bonds. The molecule has 20 heavy (non-hydrogen) atoms. The van der Waals surface area contributed by atoms with E-state index < -0.39 is 17.8 Å². The molecule has 2 rings (SSSR count). The molecule has 0 spiro atoms. The second kappa shape index (κ2) is 5.57. The summed E-state index contributed by atoms with van der Waals surface area (Å²) in [5, 5.41) is 3.44. The van der Waals surface area contributed by atoms with Crippen LogP contribution in [0.2, 0.25) is 0 Å². The number of alkyl halides is 3. The average Bonchev–Trinajstić information content (AvgIpc) is 2.94. The van der Waals surface area contributed by atoms with Gasteiger partial charge in [-0.05, 0) is 34.1 Å². The minimum absolute atomic E-state index is 0.221. The second-order valence-corrected chi connectivity index (χ2v) is 6.21. The van der Waals surface area contributed by atoms with Crippen molar-refractivity contribution in [2.45, 2.75) is 12.7 Å². The van der Waals surface area contributed by atoms with E-state index in [0.29, 0.717) is 4.88 Å². The first-order chi connectivity index (χ1) is 9.31. The van der Waals surface area contributed by atoms with Crippen molar-refractivity contribution in [3.8, 4) is 10.6 Å². The first-order valence-electron chi connectivity index (χ1n) is 5.29. The zero-order valence-corrected chi connectivity index (χ0v) is 12.5. The Kier molecular flexibility index (Phi) is 4.19. The van der Waals surface area contributed by atoms with Gasteiger partial charge in [0.2, 0.25) is 0 Å². The van der Waals surface area contributed by atoms with Gasteiger partial charge in [0.15, 0.2) is 5.69 Å². The Morgan fingerprint density at radius 1 is 1.50 bits per heavy atom. The van der Waals surface area contributed by atoms with E-state index in [9.17, 15) is 18.0 Å². The molecule has 0 bridgehead atoms. The van der Waals surface area contributed by atoms with Crippen LogP contribution in [0.1, 0.15) is 5.69 Å². The number of methoxy groups -OCH3 is 1. The minimum Gasteiger partial charge on any atom is -0.468 e. The Morgan fingerprint density at radius 2 is 2.20 bits per heavy atom. The van der Waals surface area contributed by atoms with Crippen LogP contribution in [-0.2, 0) is 22.3 Å². The Labute approximate surface area is 124 Å². The van der Waals surface area contributed by atoms with E-state index >= 15 is 0 Å². The topological polar surface area (TPSA) is 44.1 Å². The zero-order chi connectivity index (χ0) is 14.9. The number of thiophene rings is 1. The molecule has 9 heteroatoms. The fourth-order valence-corrected chi connectivity index (χ4v) is 2.92. The van der Waals surface area contributed by atoms with Gasteiger partial charge in [-0.3, -0.25) is 9.48 Å². The Bertz CT molecular complexity index is 636. The molecule has 0 unspecified atom stereocenters. The fraction of sp³-hybridized carbons (Fsp3) is 0.273. The predicted octanol–water partition coefficient (Wildman–Crippen LogP) is 3.57. The average molecular weight is 369 g/mol. The maximum absolute atomic E-state index is 12.7. The molecular weight excluding hydrogens is 361 g/mol. The van der Waals surface area contributed by atoms with Crippen molar-refractivity contribution in [2.24, 2.45) is 0 Å². The van der Waals surface area contributed by atoms with Gasteiger partial charge >= 0.3 is 12.1 Å². The van der Waals surface area contributed by atoms with E-state index in [0.717, 1.165) is 21.6 Å². The normalized spacial score (nSPS) is 11.7. The third kappa shape index (κ3) is 3.21. The van der Waals surface area contributed by atoms with Crippen molar-refractivity contribution in [3.05, 3.63) is 27.7 Å². The van der Waals surface area contributed by atoms with Gasteiger partial charge in [-0.15, -0.1) is 11.3 Å². The maximum atomic E-state index is 12.7. The largest absolute Gasteiger partial charge is 0.468 e. The highest BCUT2D eigenvalue weighted by molar-refractivity contribution is 9.11. The van der Waals surface area contributed by atoms with E-state index in [2.05, 4.69) is 25.8 Å². The third-order valence-corrected chi connectivity index (χ3v) is 4.05. The molecule has 0 radical (unpaired) electrons. The first-order valence-corrected chi connectivity index (χ1v) is 6.90. The summed E-state index contributed by atoms with van der Waals surface area (Å²) >= 11 is 4.49. The summed E-state index contributed by atoms with van der Waals surface area (Å²) in [6.07, 6.45) is -4.56. The van der Waals surface area contributed by atoms with E-state index in [1.165, 1.54) is 11.3 Å². The smallest absolute Gasteiger partial charge is 0.435 e. The second-order valence-electron chi connectivity index (χ2n) is 3.75. The summed E-state index contributed by atoms with van der Waals surface area (Å²) in [5.41, 5.74) is -0.820. The number of carbonyl (C=O) groups excluding carboxylic acids is 1. The third-order valence-electron chi connectivity index (χ3n) is 2.40. The molecule has 2 heterocycles. The SMILES string of the molecule is COC(=O)Cn1nc(C(F)(F)F)cc1-c1ccc(Br)s1. The summed E-state index contributed by atoms with van der Waals surface area (Å²) in [4.78, 5) is 11.8. The lowest BCUT2D eigenvalue weighted by molar-refractivity contribution is -0.144. The summed E-state index contributed by atoms with van der Waals surface area (Å²) in [6, 6.07) is 4.28. The number of rotatable bonds is 3. The Hall–Kier alpha value is -1.35. The van der Waals surface area contributed by atoms with Gasteiger partial charge in [0.05, 0.1) is 21.5 Å². The highest BCUT2D eigenvalue weighted by atomic mass is 79.9. The molecule has 0 saturated carbocycles. The van der Waals surface area contributed by atoms with E-state index in [1.54, 1.807) is 12.1 Å². The Balaban J connectivity index is 2.47. The van der Waals surface area contributed by atoms with Crippen LogP contribution in [0.4, 0.5) is 13.2 Å². The van der Waals surface area contributed by atoms with Crippen LogP contribution in [0.3, 0.4) is 0 Å². The Morgan fingerprint density at radius 3 is 2.70 bits per heavy atom. The standard InChI is InChI=1S/C11H8BrF3N2O2S/c1-19-10(18)5-17-6(7-2-3-9(12)20-7)4-8(16-17)11(13,14)15/h2-4H,5H2,1H3. The number of hydrogen-bond donors (Lipinski definition) is 0. The van der Waals surface area contributed by atoms with E-state index in [-0.39, 0.29) is 12.2 Å². The van der Waals surface area contributed by atoms with E-state index in [1.807, 2.05) is 0 Å². The number of hydrogen-bond acceptors (Lipinski definition) is 4. The van der Waals surface area contributed by atoms with Gasteiger partial charge in [0.1, 0.15) is 6.54 Å². The summed E-state index contributed by atoms with van der Waals surface area (Å²) in [6.45, 7) is -0.378. The fourth-order valence-electron chi connectivity index (χ4n) is 1.51. The zero-order valence-electron chi connectivity index (χ0n) is 10.1. The molecular formula is C11H8BrF3N2O2S. The molecule has 0 fully saturated rings. The van der Waals surface area contributed by atoms with Gasteiger partial charge in [-0.1, -0.05) is 0 Å². The van der Waals surface area contributed by atoms with Gasteiger partial charge in [0.25, 0.3) is 0 Å². The van der Waals surface area contributed by atoms with Crippen molar-refractivity contribution in [1.82, 2.24) is 9.78 Å². The molecule has 0 saturated heterocycles. The molecule has 0 aliphatic heterocycles. The van der Waals surface area contributed by atoms with Gasteiger partial charge in [-0.25, -0.2) is 0 Å². The number of esters is 1. The molecule has 0 aromatic carbocycles. The van der Waals surface area contributed by atoms with Gasteiger partial charge in [-0.2, -0.15) is 18.3 Å². The molecule has 0 aliphatic rings. The molecule has 2 aromatic heterocycles. The summed E-state index contributed by atoms with van der Waals surface area (Å²) in [5.74, 6) is -0.668. The van der Waals surface area contributed by atoms with Crippen molar-refractivity contribution in [3.63, 3.8) is 0 Å². The van der Waals surface area contributed by atoms with Crippen LogP contribution >= 0.6 is 27.3 Å². The van der Waals surface area contributed by atoms with Crippen molar-refractivity contribution >= 4 is 33.2 Å². The van der Waals surface area contributed by atoms with Crippen molar-refractivity contribution < 1.29 is 22.7 Å². The molecule has 0 N–H and O–H groups in total. The van der Waals surface area contributed by atoms with Crippen LogP contribution in [-0.4, -0.2) is 22.9 Å². The quantitative estimate of drug-likeness (QED) is 0.778. The maximum Gasteiger partial charge on any atom is 0.435 e. The lowest BCUT2D eigenvalue weighted by Gasteiger charge is -2.04. The summed E-state index contributed by atoms with van der Waals surface area (Å²) < 4.78 is 44.4. The predicted molar refractivity (Wildman–Crippen MR) is 70.3 cm³/mol. The molecule has 4 nitrogen and oxygen atoms in total. The van der Waals surface area contributed by atoms with Gasteiger partial charge in [0, 0.05) is 0 Å². The van der Waals surface area contributed by atoms with Gasteiger partial charge < -0.3 is 4.74 Å². The van der Waals surface area contributed by atoms with Crippen LogP contribution < -0.4 is 0 Å². The van der Waals surface area contributed by atoms with Crippen LogP contribution in [0, 0.1) is 0 Å². The highest BCUT2D eigenvalue weighted by Gasteiger charge is 2.35. The number of halogens is 4. The highest BCUT2D eigenvalue weighted by Crippen LogP contribution is 2.35. The number of aromatic nitrogens is 2. The van der Waals surface area contributed by atoms with Crippen molar-refractivity contribution in [2.75, 3.05) is 7.11 Å². The van der Waals surface area contributed by atoms with E-state index in [4.69, 9.17) is 0 Å². The lowest BCUT2D eigenvalue weighted by atomic mass is 10.3. The number of ether oxygens (including phenoxy) is 1. The lowest BCUT2D eigenvalue weighted by Crippen LogP contribution is -2.15. The molecule has 0 atom stereocenters. The monoisotopic (exact) mass is 368 g/mol. The van der Waals surface area contributed by atoms with Crippen LogP contribution in [0.5, 0.6) is 0 Å².